The molecular weight excluding hydrogens is 541 g/mol. The molecule has 0 aliphatic carbocycles. The fourth-order valence-corrected chi connectivity index (χ4v) is 4.28. The zero-order valence-corrected chi connectivity index (χ0v) is 24.4. The number of rotatable bonds is 5. The van der Waals surface area contributed by atoms with Gasteiger partial charge in [0.05, 0.1) is 36.9 Å². The number of nitrogens with zero attached hydrogens (tertiary/aromatic N) is 3. The summed E-state index contributed by atoms with van der Waals surface area (Å²) in [6.07, 6.45) is 0. The van der Waals surface area contributed by atoms with Crippen molar-refractivity contribution >= 4 is 54.8 Å². The molecule has 0 fully saturated rings. The molecule has 1 aromatic heterocycles. The Labute approximate surface area is 242 Å². The Kier molecular flexibility index (Phi) is 10.6. The van der Waals surface area contributed by atoms with Gasteiger partial charge in [0.25, 0.3) is 5.56 Å². The number of H-pyrrole nitrogens is 1. The molecular formula is C16H10Cl2N4Na2O7S2. The van der Waals surface area contributed by atoms with Gasteiger partial charge in [0.15, 0.2) is 5.69 Å². The van der Waals surface area contributed by atoms with Gasteiger partial charge >= 0.3 is 59.1 Å². The van der Waals surface area contributed by atoms with Crippen LogP contribution in [0.4, 0.5) is 11.4 Å². The molecule has 3 aromatic rings. The standard InChI is InChI=1S/C16H12Cl2N4O7S2.2Na/c1-8-15(20-19-9-2-4-10(5-3-9)30(24,25)26)16(23)22(21-8)13-6-12(18)14(7-11(13)17)31(27,28)29;;/h2-7,21H,1H3,(H,24,25,26)(H,27,28,29);;/q;2*+1/p-2. The molecule has 1 N–H and O–H groups in total. The molecule has 0 bridgehead atoms. The second kappa shape index (κ2) is 11.5. The van der Waals surface area contributed by atoms with Crippen molar-refractivity contribution in [2.45, 2.75) is 16.7 Å². The molecule has 17 heteroatoms. The molecule has 0 saturated carbocycles. The Morgan fingerprint density at radius 3 is 2.00 bits per heavy atom. The Morgan fingerprint density at radius 1 is 0.909 bits per heavy atom. The van der Waals surface area contributed by atoms with E-state index in [0.29, 0.717) is 0 Å². The van der Waals surface area contributed by atoms with Crippen LogP contribution in [0.15, 0.2) is 61.2 Å². The minimum atomic E-state index is -4.87. The van der Waals surface area contributed by atoms with Crippen molar-refractivity contribution in [1.29, 1.82) is 0 Å². The molecule has 0 atom stereocenters. The summed E-state index contributed by atoms with van der Waals surface area (Å²) in [7, 11) is -9.48. The smallest absolute Gasteiger partial charge is 0.744 e. The summed E-state index contributed by atoms with van der Waals surface area (Å²) in [5.41, 5.74) is -0.437. The zero-order chi connectivity index (χ0) is 23.1. The second-order valence-electron chi connectivity index (χ2n) is 6.06. The topological polar surface area (TPSA) is 177 Å². The first-order valence-electron chi connectivity index (χ1n) is 8.03. The molecule has 0 amide bonds. The molecule has 0 unspecified atom stereocenters. The number of benzene rings is 2. The van der Waals surface area contributed by atoms with Crippen LogP contribution in [-0.2, 0) is 20.2 Å². The molecule has 0 aliphatic rings. The van der Waals surface area contributed by atoms with E-state index >= 15 is 0 Å². The summed E-state index contributed by atoms with van der Waals surface area (Å²) < 4.78 is 67.4. The van der Waals surface area contributed by atoms with Gasteiger partial charge in [-0.2, -0.15) is 5.11 Å². The van der Waals surface area contributed by atoms with E-state index in [1.165, 1.54) is 19.1 Å². The van der Waals surface area contributed by atoms with Crippen molar-refractivity contribution in [3.63, 3.8) is 0 Å². The number of azo groups is 1. The largest absolute Gasteiger partial charge is 1.00 e. The van der Waals surface area contributed by atoms with Gasteiger partial charge in [-0.25, -0.2) is 21.5 Å². The average molecular weight is 551 g/mol. The number of aromatic nitrogens is 2. The minimum Gasteiger partial charge on any atom is -0.744 e. The molecule has 0 aliphatic heterocycles. The molecule has 0 saturated heterocycles. The molecule has 11 nitrogen and oxygen atoms in total. The average Bonchev–Trinajstić information content (AvgIpc) is 2.94. The van der Waals surface area contributed by atoms with Crippen LogP contribution in [-0.4, -0.2) is 35.7 Å². The first-order chi connectivity index (χ1) is 14.3. The van der Waals surface area contributed by atoms with E-state index < -0.39 is 40.6 Å². The Hall–Kier alpha value is -0.550. The van der Waals surface area contributed by atoms with Crippen molar-refractivity contribution < 1.29 is 85.1 Å². The van der Waals surface area contributed by atoms with Crippen LogP contribution in [0.25, 0.3) is 5.69 Å². The summed E-state index contributed by atoms with van der Waals surface area (Å²) in [5, 5.41) is 9.68. The Bertz CT molecular complexity index is 1490. The van der Waals surface area contributed by atoms with E-state index in [0.717, 1.165) is 28.9 Å². The van der Waals surface area contributed by atoms with Gasteiger partial charge in [-0.3, -0.25) is 9.89 Å². The van der Waals surface area contributed by atoms with E-state index in [1.54, 1.807) is 0 Å². The quantitative estimate of drug-likeness (QED) is 0.200. The number of nitrogens with one attached hydrogen (secondary N) is 1. The van der Waals surface area contributed by atoms with Crippen LogP contribution < -0.4 is 64.7 Å². The molecule has 0 spiro atoms. The number of hydrogen-bond acceptors (Lipinski definition) is 9. The molecule has 0 radical (unpaired) electrons. The van der Waals surface area contributed by atoms with Crippen molar-refractivity contribution in [1.82, 2.24) is 9.78 Å². The second-order valence-corrected chi connectivity index (χ2v) is 9.60. The van der Waals surface area contributed by atoms with Gasteiger partial charge in [-0.15, -0.1) is 5.11 Å². The summed E-state index contributed by atoms with van der Waals surface area (Å²) >= 11 is 11.9. The Balaban J connectivity index is 0.00000272. The maximum atomic E-state index is 12.7. The molecule has 33 heavy (non-hydrogen) atoms. The number of hydrogen-bond donors (Lipinski definition) is 1. The Morgan fingerprint density at radius 2 is 1.48 bits per heavy atom. The molecule has 164 valence electrons. The number of halogens is 2. The fourth-order valence-electron chi connectivity index (χ4n) is 2.49. The predicted molar refractivity (Wildman–Crippen MR) is 108 cm³/mol. The van der Waals surface area contributed by atoms with Crippen LogP contribution in [0.1, 0.15) is 5.69 Å². The maximum Gasteiger partial charge on any atom is 1.00 e. The minimum absolute atomic E-state index is 0. The monoisotopic (exact) mass is 550 g/mol. The zero-order valence-electron chi connectivity index (χ0n) is 17.2. The van der Waals surface area contributed by atoms with E-state index in [-0.39, 0.29) is 86.9 Å². The number of aromatic amines is 1. The van der Waals surface area contributed by atoms with Crippen LogP contribution in [0, 0.1) is 6.92 Å². The third kappa shape index (κ3) is 6.99. The maximum absolute atomic E-state index is 12.7. The SMILES string of the molecule is Cc1[nH]n(-c2cc(Cl)c(S(=O)(=O)[O-])cc2Cl)c(=O)c1N=Nc1ccc(S(=O)(=O)[O-])cc1.[Na+].[Na+]. The van der Waals surface area contributed by atoms with Gasteiger partial charge in [-0.05, 0) is 43.3 Å². The van der Waals surface area contributed by atoms with Gasteiger partial charge < -0.3 is 9.11 Å². The third-order valence-corrected chi connectivity index (χ3v) is 6.40. The summed E-state index contributed by atoms with van der Waals surface area (Å²) in [4.78, 5) is 11.5. The molecule has 1 heterocycles. The van der Waals surface area contributed by atoms with Gasteiger partial charge in [0, 0.05) is 0 Å². The van der Waals surface area contributed by atoms with E-state index in [9.17, 15) is 30.7 Å². The summed E-state index contributed by atoms with van der Waals surface area (Å²) in [5.74, 6) is 0. The van der Waals surface area contributed by atoms with Gasteiger partial charge in [0.1, 0.15) is 20.2 Å². The number of aryl methyl sites for hydroxylation is 1. The van der Waals surface area contributed by atoms with Crippen LogP contribution >= 0.6 is 23.2 Å². The van der Waals surface area contributed by atoms with Crippen molar-refractivity contribution in [3.8, 4) is 5.69 Å². The normalized spacial score (nSPS) is 11.8. The summed E-state index contributed by atoms with van der Waals surface area (Å²) in [6.45, 7) is 1.51. The van der Waals surface area contributed by atoms with Gasteiger partial charge in [-0.1, -0.05) is 23.2 Å². The van der Waals surface area contributed by atoms with Crippen LogP contribution in [0.2, 0.25) is 10.0 Å². The van der Waals surface area contributed by atoms with E-state index in [1.807, 2.05) is 0 Å². The third-order valence-electron chi connectivity index (χ3n) is 3.94. The van der Waals surface area contributed by atoms with Crippen LogP contribution in [0.3, 0.4) is 0 Å². The van der Waals surface area contributed by atoms with Gasteiger partial charge in [0.2, 0.25) is 0 Å². The first kappa shape index (κ1) is 30.5. The van der Waals surface area contributed by atoms with Crippen molar-refractivity contribution in [2.75, 3.05) is 0 Å². The van der Waals surface area contributed by atoms with Crippen molar-refractivity contribution in [3.05, 3.63) is 62.5 Å². The molecule has 3 rings (SSSR count). The molecule has 2 aromatic carbocycles. The first-order valence-corrected chi connectivity index (χ1v) is 11.6. The van der Waals surface area contributed by atoms with E-state index in [4.69, 9.17) is 23.2 Å². The predicted octanol–water partition coefficient (Wildman–Crippen LogP) is -2.99. The van der Waals surface area contributed by atoms with Crippen molar-refractivity contribution in [2.24, 2.45) is 10.2 Å². The van der Waals surface area contributed by atoms with Crippen LogP contribution in [0.5, 0.6) is 0 Å². The summed E-state index contributed by atoms with van der Waals surface area (Å²) in [6, 6.07) is 6.42. The van der Waals surface area contributed by atoms with E-state index in [2.05, 4.69) is 15.3 Å². The fraction of sp³-hybridized carbons (Fsp3) is 0.0625.